The summed E-state index contributed by atoms with van der Waals surface area (Å²) in [5, 5.41) is 3.40. The lowest BCUT2D eigenvalue weighted by Crippen LogP contribution is -2.28. The highest BCUT2D eigenvalue weighted by Crippen LogP contribution is 2.14. The molecule has 1 atom stereocenters. The van der Waals surface area contributed by atoms with Gasteiger partial charge in [0, 0.05) is 32.1 Å². The molecule has 0 bridgehead atoms. The molecule has 1 N–H and O–H groups in total. The van der Waals surface area contributed by atoms with Crippen LogP contribution in [0.15, 0.2) is 12.4 Å². The normalized spacial score (nSPS) is 20.8. The molecule has 1 unspecified atom stereocenters. The zero-order chi connectivity index (χ0) is 12.1. The first-order valence-corrected chi connectivity index (χ1v) is 6.62. The molecule has 17 heavy (non-hydrogen) atoms. The second kappa shape index (κ2) is 6.05. The van der Waals surface area contributed by atoms with E-state index < -0.39 is 0 Å². The number of nitrogens with zero attached hydrogens (tertiary/aromatic N) is 2. The van der Waals surface area contributed by atoms with Crippen LogP contribution in [0.1, 0.15) is 33.1 Å². The van der Waals surface area contributed by atoms with Crippen LogP contribution in [0.5, 0.6) is 0 Å². The largest absolute Gasteiger partial charge is 0.376 e. The maximum Gasteiger partial charge on any atom is 0.202 e. The van der Waals surface area contributed by atoms with Gasteiger partial charge in [0.1, 0.15) is 0 Å². The van der Waals surface area contributed by atoms with Gasteiger partial charge in [-0.05, 0) is 25.2 Å². The molecule has 4 heteroatoms. The molecule has 96 valence electrons. The molecular weight excluding hydrogens is 214 g/mol. The molecule has 0 spiro atoms. The predicted octanol–water partition coefficient (Wildman–Crippen LogP) is 2.52. The summed E-state index contributed by atoms with van der Waals surface area (Å²) in [5.74, 6) is 1.60. The van der Waals surface area contributed by atoms with E-state index in [9.17, 15) is 0 Å². The van der Waals surface area contributed by atoms with Crippen LogP contribution in [0.2, 0.25) is 0 Å². The topological polar surface area (TPSA) is 39.1 Å². The molecule has 2 heterocycles. The van der Waals surface area contributed by atoms with Crippen LogP contribution in [0.3, 0.4) is 0 Å². The molecule has 0 aromatic carbocycles. The van der Waals surface area contributed by atoms with E-state index in [1.807, 2.05) is 12.4 Å². The van der Waals surface area contributed by atoms with E-state index in [2.05, 4.69) is 28.7 Å². The SMILES string of the molecule is CC(C)Cn1ccnc1NCC1CCCCO1. The Labute approximate surface area is 103 Å². The molecular formula is C13H23N3O. The number of nitrogens with one attached hydrogen (secondary N) is 1. The lowest BCUT2D eigenvalue weighted by atomic mass is 10.1. The Kier molecular flexibility index (Phi) is 4.42. The fourth-order valence-electron chi connectivity index (χ4n) is 2.19. The molecule has 0 amide bonds. The number of anilines is 1. The second-order valence-electron chi connectivity index (χ2n) is 5.17. The minimum Gasteiger partial charge on any atom is -0.376 e. The van der Waals surface area contributed by atoms with E-state index in [0.717, 1.165) is 32.1 Å². The third-order valence-electron chi connectivity index (χ3n) is 3.04. The van der Waals surface area contributed by atoms with Crippen LogP contribution in [0.25, 0.3) is 0 Å². The lowest BCUT2D eigenvalue weighted by Gasteiger charge is -2.23. The highest BCUT2D eigenvalue weighted by molar-refractivity contribution is 5.26. The summed E-state index contributed by atoms with van der Waals surface area (Å²) in [6.45, 7) is 7.22. The third kappa shape index (κ3) is 3.73. The van der Waals surface area contributed by atoms with Gasteiger partial charge in [-0.15, -0.1) is 0 Å². The number of hydrogen-bond acceptors (Lipinski definition) is 3. The molecule has 1 saturated heterocycles. The summed E-state index contributed by atoms with van der Waals surface area (Å²) in [4.78, 5) is 4.35. The average Bonchev–Trinajstić information content (AvgIpc) is 2.74. The Morgan fingerprint density at radius 1 is 1.53 bits per heavy atom. The minimum absolute atomic E-state index is 0.355. The van der Waals surface area contributed by atoms with Gasteiger partial charge >= 0.3 is 0 Å². The highest BCUT2D eigenvalue weighted by Gasteiger charge is 2.14. The fourth-order valence-corrected chi connectivity index (χ4v) is 2.19. The van der Waals surface area contributed by atoms with Crippen molar-refractivity contribution in [2.45, 2.75) is 45.8 Å². The number of aromatic nitrogens is 2. The second-order valence-corrected chi connectivity index (χ2v) is 5.17. The Morgan fingerprint density at radius 2 is 2.41 bits per heavy atom. The van der Waals surface area contributed by atoms with Crippen molar-refractivity contribution in [1.82, 2.24) is 9.55 Å². The molecule has 4 nitrogen and oxygen atoms in total. The van der Waals surface area contributed by atoms with Crippen LogP contribution < -0.4 is 5.32 Å². The van der Waals surface area contributed by atoms with Gasteiger partial charge in [0.2, 0.25) is 5.95 Å². The van der Waals surface area contributed by atoms with Crippen molar-refractivity contribution >= 4 is 5.95 Å². The van der Waals surface area contributed by atoms with Crippen molar-refractivity contribution < 1.29 is 4.74 Å². The van der Waals surface area contributed by atoms with Crippen LogP contribution >= 0.6 is 0 Å². The summed E-state index contributed by atoms with van der Waals surface area (Å²) in [6.07, 6.45) is 7.90. The summed E-state index contributed by atoms with van der Waals surface area (Å²) in [5.41, 5.74) is 0. The lowest BCUT2D eigenvalue weighted by molar-refractivity contribution is 0.0246. The van der Waals surface area contributed by atoms with E-state index in [1.54, 1.807) is 0 Å². The fraction of sp³-hybridized carbons (Fsp3) is 0.769. The maximum atomic E-state index is 5.70. The zero-order valence-corrected chi connectivity index (χ0v) is 10.9. The van der Waals surface area contributed by atoms with Crippen LogP contribution in [0.4, 0.5) is 5.95 Å². The molecule has 0 aliphatic carbocycles. The predicted molar refractivity (Wildman–Crippen MR) is 69.1 cm³/mol. The number of rotatable bonds is 5. The van der Waals surface area contributed by atoms with Gasteiger partial charge in [-0.3, -0.25) is 0 Å². The first kappa shape index (κ1) is 12.4. The highest BCUT2D eigenvalue weighted by atomic mass is 16.5. The Bertz CT molecular complexity index is 329. The molecule has 1 aromatic heterocycles. The summed E-state index contributed by atoms with van der Waals surface area (Å²) in [7, 11) is 0. The van der Waals surface area contributed by atoms with Gasteiger partial charge in [0.05, 0.1) is 6.10 Å². The third-order valence-corrected chi connectivity index (χ3v) is 3.04. The zero-order valence-electron chi connectivity index (χ0n) is 10.9. The van der Waals surface area contributed by atoms with Crippen LogP contribution in [0, 0.1) is 5.92 Å². The van der Waals surface area contributed by atoms with Gasteiger partial charge < -0.3 is 14.6 Å². The first-order valence-electron chi connectivity index (χ1n) is 6.62. The van der Waals surface area contributed by atoms with E-state index >= 15 is 0 Å². The Morgan fingerprint density at radius 3 is 3.12 bits per heavy atom. The van der Waals surface area contributed by atoms with Crippen LogP contribution in [-0.2, 0) is 11.3 Å². The smallest absolute Gasteiger partial charge is 0.202 e. The Balaban J connectivity index is 1.83. The van der Waals surface area contributed by atoms with Gasteiger partial charge in [0.25, 0.3) is 0 Å². The van der Waals surface area contributed by atoms with Crippen molar-refractivity contribution in [2.75, 3.05) is 18.5 Å². The van der Waals surface area contributed by atoms with Crippen LogP contribution in [-0.4, -0.2) is 28.8 Å². The average molecular weight is 237 g/mol. The van der Waals surface area contributed by atoms with Crippen molar-refractivity contribution in [1.29, 1.82) is 0 Å². The molecule has 2 rings (SSSR count). The maximum absolute atomic E-state index is 5.70. The standard InChI is InChI=1S/C13H23N3O/c1-11(2)10-16-7-6-14-13(16)15-9-12-5-3-4-8-17-12/h6-7,11-12H,3-5,8-10H2,1-2H3,(H,14,15). The quantitative estimate of drug-likeness (QED) is 0.855. The molecule has 1 aliphatic heterocycles. The summed E-state index contributed by atoms with van der Waals surface area (Å²) < 4.78 is 7.87. The van der Waals surface area contributed by atoms with Gasteiger partial charge in [-0.1, -0.05) is 13.8 Å². The van der Waals surface area contributed by atoms with Gasteiger partial charge in [-0.2, -0.15) is 0 Å². The van der Waals surface area contributed by atoms with E-state index in [-0.39, 0.29) is 0 Å². The monoisotopic (exact) mass is 237 g/mol. The number of imidazole rings is 1. The van der Waals surface area contributed by atoms with Crippen molar-refractivity contribution in [2.24, 2.45) is 5.92 Å². The molecule has 1 aliphatic rings. The summed E-state index contributed by atoms with van der Waals surface area (Å²) >= 11 is 0. The molecule has 0 radical (unpaired) electrons. The number of ether oxygens (including phenoxy) is 1. The minimum atomic E-state index is 0.355. The number of hydrogen-bond donors (Lipinski definition) is 1. The first-order chi connectivity index (χ1) is 8.25. The molecule has 1 aromatic rings. The molecule has 1 fully saturated rings. The molecule has 0 saturated carbocycles. The van der Waals surface area contributed by atoms with Gasteiger partial charge in [-0.25, -0.2) is 4.98 Å². The Hall–Kier alpha value is -1.03. The van der Waals surface area contributed by atoms with Crippen molar-refractivity contribution in [3.05, 3.63) is 12.4 Å². The van der Waals surface area contributed by atoms with E-state index in [1.165, 1.54) is 12.8 Å². The van der Waals surface area contributed by atoms with Crippen molar-refractivity contribution in [3.63, 3.8) is 0 Å². The van der Waals surface area contributed by atoms with E-state index in [0.29, 0.717) is 12.0 Å². The van der Waals surface area contributed by atoms with Crippen molar-refractivity contribution in [3.8, 4) is 0 Å². The van der Waals surface area contributed by atoms with Gasteiger partial charge in [0.15, 0.2) is 0 Å². The van der Waals surface area contributed by atoms with E-state index in [4.69, 9.17) is 4.74 Å². The summed E-state index contributed by atoms with van der Waals surface area (Å²) in [6, 6.07) is 0.